The Morgan fingerprint density at radius 1 is 1.14 bits per heavy atom. The molecule has 3 aromatic rings. The van der Waals surface area contributed by atoms with Crippen molar-refractivity contribution in [3.8, 4) is 17.0 Å². The smallest absolute Gasteiger partial charge is 0.118 e. The Kier molecular flexibility index (Phi) is 4.23. The molecule has 0 bridgehead atoms. The maximum absolute atomic E-state index is 6.02. The lowest BCUT2D eigenvalue weighted by molar-refractivity contribution is 0.414. The highest BCUT2D eigenvalue weighted by Crippen LogP contribution is 2.25. The lowest BCUT2D eigenvalue weighted by Crippen LogP contribution is -1.88. The van der Waals surface area contributed by atoms with E-state index in [0.717, 1.165) is 33.5 Å². The van der Waals surface area contributed by atoms with Gasteiger partial charge in [-0.3, -0.25) is 0 Å². The summed E-state index contributed by atoms with van der Waals surface area (Å²) in [6.45, 7) is 0. The van der Waals surface area contributed by atoms with Crippen LogP contribution in [0.25, 0.3) is 11.3 Å². The summed E-state index contributed by atoms with van der Waals surface area (Å²) in [4.78, 5) is 4.69. The normalized spacial score (nSPS) is 10.6. The quantitative estimate of drug-likeness (QED) is 0.671. The number of thiazole rings is 1. The van der Waals surface area contributed by atoms with E-state index >= 15 is 0 Å². The van der Waals surface area contributed by atoms with Gasteiger partial charge >= 0.3 is 0 Å². The minimum absolute atomic E-state index is 0.734. The van der Waals surface area contributed by atoms with Gasteiger partial charge in [0.1, 0.15) is 5.75 Å². The third-order valence-corrected chi connectivity index (χ3v) is 4.27. The van der Waals surface area contributed by atoms with E-state index in [2.05, 4.69) is 22.5 Å². The standard InChI is InChI=1S/C17H14ClNOS/c1-20-15-7-5-12(6-8-15)9-17-19-16(11-21-17)13-3-2-4-14(18)10-13/h2-8,10-11H,9H2,1H3. The second-order valence-corrected chi connectivity index (χ2v) is 6.04. The van der Waals surface area contributed by atoms with Crippen LogP contribution < -0.4 is 4.74 Å². The number of nitrogens with zero attached hydrogens (tertiary/aromatic N) is 1. The average Bonchev–Trinajstić information content (AvgIpc) is 2.97. The van der Waals surface area contributed by atoms with Crippen LogP contribution in [-0.4, -0.2) is 12.1 Å². The van der Waals surface area contributed by atoms with Crippen molar-refractivity contribution in [3.05, 3.63) is 69.5 Å². The molecule has 3 rings (SSSR count). The van der Waals surface area contributed by atoms with Crippen LogP contribution in [0.15, 0.2) is 53.9 Å². The molecule has 0 aliphatic carbocycles. The molecule has 0 unspecified atom stereocenters. The van der Waals surface area contributed by atoms with Gasteiger partial charge in [-0.25, -0.2) is 4.98 Å². The Morgan fingerprint density at radius 2 is 1.95 bits per heavy atom. The van der Waals surface area contributed by atoms with Gasteiger partial charge in [-0.15, -0.1) is 11.3 Å². The van der Waals surface area contributed by atoms with Gasteiger partial charge in [-0.05, 0) is 29.8 Å². The molecule has 0 aliphatic heterocycles. The van der Waals surface area contributed by atoms with E-state index in [0.29, 0.717) is 0 Å². The predicted octanol–water partition coefficient (Wildman–Crippen LogP) is 5.06. The number of aromatic nitrogens is 1. The summed E-state index contributed by atoms with van der Waals surface area (Å²) in [6.07, 6.45) is 0.829. The summed E-state index contributed by atoms with van der Waals surface area (Å²) < 4.78 is 5.17. The van der Waals surface area contributed by atoms with Crippen molar-refractivity contribution in [1.82, 2.24) is 4.98 Å². The van der Waals surface area contributed by atoms with E-state index in [1.165, 1.54) is 5.56 Å². The van der Waals surface area contributed by atoms with Crippen molar-refractivity contribution in [2.24, 2.45) is 0 Å². The first-order valence-electron chi connectivity index (χ1n) is 6.58. The summed E-state index contributed by atoms with van der Waals surface area (Å²) in [5.41, 5.74) is 3.26. The van der Waals surface area contributed by atoms with Crippen molar-refractivity contribution >= 4 is 22.9 Å². The Morgan fingerprint density at radius 3 is 2.67 bits per heavy atom. The number of methoxy groups -OCH3 is 1. The molecule has 0 atom stereocenters. The lowest BCUT2D eigenvalue weighted by atomic mass is 10.1. The molecular formula is C17H14ClNOS. The number of ether oxygens (including phenoxy) is 1. The summed E-state index contributed by atoms with van der Waals surface area (Å²) in [5.74, 6) is 0.873. The van der Waals surface area contributed by atoms with Crippen molar-refractivity contribution in [2.45, 2.75) is 6.42 Å². The highest BCUT2D eigenvalue weighted by atomic mass is 35.5. The predicted molar refractivity (Wildman–Crippen MR) is 88.4 cm³/mol. The summed E-state index contributed by atoms with van der Waals surface area (Å²) >= 11 is 7.69. The molecular weight excluding hydrogens is 302 g/mol. The first-order chi connectivity index (χ1) is 10.2. The van der Waals surface area contributed by atoms with Crippen molar-refractivity contribution in [3.63, 3.8) is 0 Å². The van der Waals surface area contributed by atoms with Crippen LogP contribution in [0, 0.1) is 0 Å². The molecule has 0 spiro atoms. The summed E-state index contributed by atoms with van der Waals surface area (Å²) in [7, 11) is 1.67. The Bertz CT molecular complexity index is 737. The second-order valence-electron chi connectivity index (χ2n) is 4.66. The molecule has 0 saturated heterocycles. The molecule has 0 fully saturated rings. The molecule has 2 aromatic carbocycles. The van der Waals surface area contributed by atoms with E-state index in [1.54, 1.807) is 18.4 Å². The number of halogens is 1. The first kappa shape index (κ1) is 14.1. The van der Waals surface area contributed by atoms with Crippen LogP contribution in [0.2, 0.25) is 5.02 Å². The molecule has 0 N–H and O–H groups in total. The van der Waals surface area contributed by atoms with Gasteiger partial charge < -0.3 is 4.74 Å². The number of hydrogen-bond donors (Lipinski definition) is 0. The fraction of sp³-hybridized carbons (Fsp3) is 0.118. The first-order valence-corrected chi connectivity index (χ1v) is 7.83. The minimum Gasteiger partial charge on any atom is -0.497 e. The third-order valence-electron chi connectivity index (χ3n) is 3.19. The van der Waals surface area contributed by atoms with Gasteiger partial charge in [0.25, 0.3) is 0 Å². The summed E-state index contributed by atoms with van der Waals surface area (Å²) in [5, 5.41) is 3.90. The van der Waals surface area contributed by atoms with Crippen LogP contribution in [0.1, 0.15) is 10.6 Å². The zero-order valence-corrected chi connectivity index (χ0v) is 13.1. The Balaban J connectivity index is 1.78. The number of hydrogen-bond acceptors (Lipinski definition) is 3. The molecule has 0 radical (unpaired) electrons. The van der Waals surface area contributed by atoms with Gasteiger partial charge in [-0.1, -0.05) is 35.9 Å². The molecule has 2 nitrogen and oxygen atoms in total. The van der Waals surface area contributed by atoms with Gasteiger partial charge in [0, 0.05) is 22.4 Å². The maximum Gasteiger partial charge on any atom is 0.118 e. The zero-order chi connectivity index (χ0) is 14.7. The van der Waals surface area contributed by atoms with E-state index in [-0.39, 0.29) is 0 Å². The Labute approximate surface area is 133 Å². The highest BCUT2D eigenvalue weighted by molar-refractivity contribution is 7.10. The fourth-order valence-electron chi connectivity index (χ4n) is 2.09. The van der Waals surface area contributed by atoms with E-state index in [9.17, 15) is 0 Å². The SMILES string of the molecule is COc1ccc(Cc2nc(-c3cccc(Cl)c3)cs2)cc1. The molecule has 21 heavy (non-hydrogen) atoms. The number of rotatable bonds is 4. The van der Waals surface area contributed by atoms with Crippen LogP contribution in [0.3, 0.4) is 0 Å². The Hall–Kier alpha value is -1.84. The average molecular weight is 316 g/mol. The van der Waals surface area contributed by atoms with Crippen molar-refractivity contribution < 1.29 is 4.74 Å². The summed E-state index contributed by atoms with van der Waals surface area (Å²) in [6, 6.07) is 15.9. The van der Waals surface area contributed by atoms with Crippen LogP contribution in [0.5, 0.6) is 5.75 Å². The molecule has 0 aliphatic rings. The third kappa shape index (κ3) is 3.43. The molecule has 1 heterocycles. The van der Waals surface area contributed by atoms with E-state index < -0.39 is 0 Å². The van der Waals surface area contributed by atoms with Crippen molar-refractivity contribution in [2.75, 3.05) is 7.11 Å². The van der Waals surface area contributed by atoms with Crippen LogP contribution >= 0.6 is 22.9 Å². The lowest BCUT2D eigenvalue weighted by Gasteiger charge is -2.01. The zero-order valence-electron chi connectivity index (χ0n) is 11.5. The second kappa shape index (κ2) is 6.29. The molecule has 4 heteroatoms. The molecule has 0 amide bonds. The molecule has 1 aromatic heterocycles. The highest BCUT2D eigenvalue weighted by Gasteiger charge is 2.06. The topological polar surface area (TPSA) is 22.1 Å². The molecule has 0 saturated carbocycles. The van der Waals surface area contributed by atoms with Crippen LogP contribution in [0.4, 0.5) is 0 Å². The number of benzene rings is 2. The molecule has 106 valence electrons. The monoisotopic (exact) mass is 315 g/mol. The van der Waals surface area contributed by atoms with Gasteiger partial charge in [-0.2, -0.15) is 0 Å². The van der Waals surface area contributed by atoms with Gasteiger partial charge in [0.15, 0.2) is 0 Å². The minimum atomic E-state index is 0.734. The van der Waals surface area contributed by atoms with Gasteiger partial charge in [0.2, 0.25) is 0 Å². The van der Waals surface area contributed by atoms with Crippen molar-refractivity contribution in [1.29, 1.82) is 0 Å². The largest absolute Gasteiger partial charge is 0.497 e. The van der Waals surface area contributed by atoms with E-state index in [1.807, 2.05) is 36.4 Å². The maximum atomic E-state index is 6.02. The van der Waals surface area contributed by atoms with E-state index in [4.69, 9.17) is 16.3 Å². The fourth-order valence-corrected chi connectivity index (χ4v) is 3.12. The van der Waals surface area contributed by atoms with Crippen LogP contribution in [-0.2, 0) is 6.42 Å². The van der Waals surface area contributed by atoms with Gasteiger partial charge in [0.05, 0.1) is 17.8 Å².